The summed E-state index contributed by atoms with van der Waals surface area (Å²) < 4.78 is 11.6. The van der Waals surface area contributed by atoms with Gasteiger partial charge in [0.1, 0.15) is 0 Å². The third-order valence-corrected chi connectivity index (χ3v) is 4.69. The molecule has 2 fully saturated rings. The van der Waals surface area contributed by atoms with Crippen LogP contribution >= 0.6 is 0 Å². The van der Waals surface area contributed by atoms with E-state index in [1.54, 1.807) is 0 Å². The first kappa shape index (κ1) is 13.4. The lowest BCUT2D eigenvalue weighted by Gasteiger charge is -2.35. The molecule has 0 aromatic rings. The summed E-state index contributed by atoms with van der Waals surface area (Å²) in [6.45, 7) is 12.3. The molecule has 0 aliphatic carbocycles. The average molecular weight is 240 g/mol. The molecular weight excluding hydrogens is 212 g/mol. The van der Waals surface area contributed by atoms with E-state index >= 15 is 0 Å². The van der Waals surface area contributed by atoms with Gasteiger partial charge in [0.15, 0.2) is 0 Å². The highest BCUT2D eigenvalue weighted by atomic mass is 16.5. The van der Waals surface area contributed by atoms with Crippen molar-refractivity contribution in [3.63, 3.8) is 0 Å². The second kappa shape index (κ2) is 5.27. The molecule has 2 aliphatic rings. The molecule has 2 heterocycles. The quantitative estimate of drug-likeness (QED) is 0.749. The minimum absolute atomic E-state index is 0.308. The summed E-state index contributed by atoms with van der Waals surface area (Å²) in [4.78, 5) is 0. The van der Waals surface area contributed by atoms with Crippen LogP contribution < -0.4 is 0 Å². The molecule has 0 amide bonds. The molecule has 2 nitrogen and oxygen atoms in total. The van der Waals surface area contributed by atoms with E-state index in [1.807, 2.05) is 0 Å². The number of hydrogen-bond donors (Lipinski definition) is 0. The molecule has 0 aromatic carbocycles. The fraction of sp³-hybridized carbons (Fsp3) is 1.00. The third kappa shape index (κ3) is 3.03. The van der Waals surface area contributed by atoms with Crippen LogP contribution in [0.1, 0.15) is 47.0 Å². The van der Waals surface area contributed by atoms with Gasteiger partial charge in [0.25, 0.3) is 0 Å². The van der Waals surface area contributed by atoms with E-state index in [4.69, 9.17) is 9.47 Å². The first-order valence-corrected chi connectivity index (χ1v) is 7.20. The minimum Gasteiger partial charge on any atom is -0.381 e. The Morgan fingerprint density at radius 1 is 1.24 bits per heavy atom. The van der Waals surface area contributed by atoms with E-state index in [-0.39, 0.29) is 0 Å². The predicted molar refractivity (Wildman–Crippen MR) is 70.0 cm³/mol. The van der Waals surface area contributed by atoms with Gasteiger partial charge < -0.3 is 9.47 Å². The van der Waals surface area contributed by atoms with Crippen LogP contribution in [0.4, 0.5) is 0 Å². The van der Waals surface area contributed by atoms with Crippen LogP contribution in [0.3, 0.4) is 0 Å². The van der Waals surface area contributed by atoms with E-state index in [1.165, 1.54) is 19.3 Å². The maximum atomic E-state index is 5.88. The van der Waals surface area contributed by atoms with Gasteiger partial charge in [-0.2, -0.15) is 0 Å². The van der Waals surface area contributed by atoms with Crippen LogP contribution in [0.25, 0.3) is 0 Å². The molecule has 3 atom stereocenters. The maximum absolute atomic E-state index is 5.88. The molecule has 2 heteroatoms. The molecule has 100 valence electrons. The lowest BCUT2D eigenvalue weighted by Crippen LogP contribution is -2.33. The molecule has 0 saturated carbocycles. The van der Waals surface area contributed by atoms with Crippen molar-refractivity contribution in [1.82, 2.24) is 0 Å². The fourth-order valence-electron chi connectivity index (χ4n) is 3.56. The van der Waals surface area contributed by atoms with Crippen LogP contribution in [0.5, 0.6) is 0 Å². The molecule has 3 unspecified atom stereocenters. The van der Waals surface area contributed by atoms with E-state index < -0.39 is 0 Å². The van der Waals surface area contributed by atoms with E-state index in [0.717, 1.165) is 37.6 Å². The first-order chi connectivity index (χ1) is 8.00. The van der Waals surface area contributed by atoms with Crippen molar-refractivity contribution in [3.05, 3.63) is 0 Å². The van der Waals surface area contributed by atoms with Crippen LogP contribution in [0, 0.1) is 23.2 Å². The van der Waals surface area contributed by atoms with Crippen LogP contribution in [0.15, 0.2) is 0 Å². The van der Waals surface area contributed by atoms with E-state index in [0.29, 0.717) is 11.5 Å². The normalized spacial score (nSPS) is 34.8. The van der Waals surface area contributed by atoms with Crippen molar-refractivity contribution in [2.45, 2.75) is 53.1 Å². The van der Waals surface area contributed by atoms with Crippen molar-refractivity contribution in [1.29, 1.82) is 0 Å². The van der Waals surface area contributed by atoms with Gasteiger partial charge in [-0.3, -0.25) is 0 Å². The monoisotopic (exact) mass is 240 g/mol. The number of hydrogen-bond acceptors (Lipinski definition) is 2. The molecule has 17 heavy (non-hydrogen) atoms. The number of ether oxygens (including phenoxy) is 2. The summed E-state index contributed by atoms with van der Waals surface area (Å²) in [6.07, 6.45) is 4.20. The predicted octanol–water partition coefficient (Wildman–Crippen LogP) is 3.50. The van der Waals surface area contributed by atoms with E-state index in [2.05, 4.69) is 27.7 Å². The SMILES string of the molecule is CC(C)C1COCC1CC(C)(C)C1CCCO1. The van der Waals surface area contributed by atoms with Crippen molar-refractivity contribution >= 4 is 0 Å². The second-order valence-corrected chi connectivity index (χ2v) is 6.90. The summed E-state index contributed by atoms with van der Waals surface area (Å²) >= 11 is 0. The summed E-state index contributed by atoms with van der Waals surface area (Å²) in [5, 5.41) is 0. The van der Waals surface area contributed by atoms with Crippen LogP contribution in [-0.4, -0.2) is 25.9 Å². The van der Waals surface area contributed by atoms with Gasteiger partial charge in [-0.05, 0) is 42.4 Å². The zero-order chi connectivity index (χ0) is 12.5. The topological polar surface area (TPSA) is 18.5 Å². The van der Waals surface area contributed by atoms with Crippen molar-refractivity contribution < 1.29 is 9.47 Å². The highest BCUT2D eigenvalue weighted by molar-refractivity contribution is 4.88. The Labute approximate surface area is 106 Å². The Morgan fingerprint density at radius 3 is 2.59 bits per heavy atom. The van der Waals surface area contributed by atoms with E-state index in [9.17, 15) is 0 Å². The van der Waals surface area contributed by atoms with Gasteiger partial charge in [0, 0.05) is 19.8 Å². The van der Waals surface area contributed by atoms with Gasteiger partial charge in [0.2, 0.25) is 0 Å². The molecule has 0 N–H and O–H groups in total. The van der Waals surface area contributed by atoms with Crippen molar-refractivity contribution in [3.8, 4) is 0 Å². The fourth-order valence-corrected chi connectivity index (χ4v) is 3.56. The summed E-state index contributed by atoms with van der Waals surface area (Å²) in [5.41, 5.74) is 0.308. The molecular formula is C15H28O2. The van der Waals surface area contributed by atoms with Crippen LogP contribution in [-0.2, 0) is 9.47 Å². The zero-order valence-corrected chi connectivity index (χ0v) is 11.9. The lowest BCUT2D eigenvalue weighted by molar-refractivity contribution is 0.000822. The molecule has 0 bridgehead atoms. The number of rotatable bonds is 4. The lowest BCUT2D eigenvalue weighted by atomic mass is 9.72. The molecule has 0 aromatic heterocycles. The Bertz CT molecular complexity index is 241. The van der Waals surface area contributed by atoms with Crippen molar-refractivity contribution in [2.75, 3.05) is 19.8 Å². The Morgan fingerprint density at radius 2 is 2.00 bits per heavy atom. The maximum Gasteiger partial charge on any atom is 0.0626 e. The molecule has 0 spiro atoms. The van der Waals surface area contributed by atoms with Gasteiger partial charge in [-0.25, -0.2) is 0 Å². The zero-order valence-electron chi connectivity index (χ0n) is 11.9. The van der Waals surface area contributed by atoms with Gasteiger partial charge in [-0.1, -0.05) is 27.7 Å². The average Bonchev–Trinajstić information content (AvgIpc) is 2.85. The summed E-state index contributed by atoms with van der Waals surface area (Å²) in [5.74, 6) is 2.22. The van der Waals surface area contributed by atoms with Gasteiger partial charge in [0.05, 0.1) is 6.10 Å². The molecule has 2 rings (SSSR count). The van der Waals surface area contributed by atoms with Gasteiger partial charge >= 0.3 is 0 Å². The van der Waals surface area contributed by atoms with Crippen molar-refractivity contribution in [2.24, 2.45) is 23.2 Å². The highest BCUT2D eigenvalue weighted by Gasteiger charge is 2.39. The van der Waals surface area contributed by atoms with Crippen LogP contribution in [0.2, 0.25) is 0 Å². The second-order valence-electron chi connectivity index (χ2n) is 6.90. The molecule has 0 radical (unpaired) electrons. The standard InChI is InChI=1S/C15H28O2/c1-11(2)13-10-16-9-12(13)8-15(3,4)14-6-5-7-17-14/h11-14H,5-10H2,1-4H3. The summed E-state index contributed by atoms with van der Waals surface area (Å²) in [7, 11) is 0. The Hall–Kier alpha value is -0.0800. The molecule has 2 aliphatic heterocycles. The smallest absolute Gasteiger partial charge is 0.0626 e. The Balaban J connectivity index is 1.94. The van der Waals surface area contributed by atoms with Gasteiger partial charge in [-0.15, -0.1) is 0 Å². The third-order valence-electron chi connectivity index (χ3n) is 4.69. The highest BCUT2D eigenvalue weighted by Crippen LogP contribution is 2.41. The first-order valence-electron chi connectivity index (χ1n) is 7.20. The summed E-state index contributed by atoms with van der Waals surface area (Å²) in [6, 6.07) is 0. The molecule has 2 saturated heterocycles. The minimum atomic E-state index is 0.308. The Kier molecular flexibility index (Phi) is 4.14. The largest absolute Gasteiger partial charge is 0.381 e.